The quantitative estimate of drug-likeness (QED) is 0.602. The minimum atomic E-state index is -0.263. The highest BCUT2D eigenvalue weighted by Crippen LogP contribution is 2.35. The Kier molecular flexibility index (Phi) is 4.62. The number of fused-ring (bicyclic) bond motifs is 1. The number of hydrogen-bond acceptors (Lipinski definition) is 4. The van der Waals surface area contributed by atoms with E-state index in [-0.39, 0.29) is 11.2 Å². The van der Waals surface area contributed by atoms with E-state index < -0.39 is 0 Å². The molecule has 2 heterocycles. The summed E-state index contributed by atoms with van der Waals surface area (Å²) in [6, 6.07) is 10.1. The predicted octanol–water partition coefficient (Wildman–Crippen LogP) is 4.96. The van der Waals surface area contributed by atoms with E-state index in [4.69, 9.17) is 5.73 Å². The second-order valence-electron chi connectivity index (χ2n) is 7.02. The lowest BCUT2D eigenvalue weighted by molar-refractivity contribution is 0.697. The number of nitrogens with two attached hydrogens (primary N) is 1. The molecule has 1 aromatic carbocycles. The van der Waals surface area contributed by atoms with Crippen molar-refractivity contribution in [3.8, 4) is 11.1 Å². The smallest absolute Gasteiger partial charge is 0.271 e. The molecule has 3 aromatic rings. The van der Waals surface area contributed by atoms with Gasteiger partial charge in [0.25, 0.3) is 5.56 Å². The van der Waals surface area contributed by atoms with Crippen LogP contribution in [0.3, 0.4) is 0 Å². The lowest BCUT2D eigenvalue weighted by Gasteiger charge is -2.14. The second kappa shape index (κ2) is 7.08. The number of pyridine rings is 1. The van der Waals surface area contributed by atoms with Crippen molar-refractivity contribution in [1.82, 2.24) is 4.98 Å². The van der Waals surface area contributed by atoms with Crippen molar-refractivity contribution in [3.63, 3.8) is 0 Å². The molecule has 0 fully saturated rings. The van der Waals surface area contributed by atoms with Crippen molar-refractivity contribution in [2.75, 3.05) is 11.1 Å². The molecule has 0 radical (unpaired) electrons. The Morgan fingerprint density at radius 3 is 2.85 bits per heavy atom. The Morgan fingerprint density at radius 2 is 2.07 bits per heavy atom. The summed E-state index contributed by atoms with van der Waals surface area (Å²) in [4.78, 5) is 16.9. The Hall–Kier alpha value is -2.79. The van der Waals surface area contributed by atoms with Crippen LogP contribution in [0.4, 0.5) is 11.4 Å². The zero-order valence-corrected chi connectivity index (χ0v) is 16.2. The third kappa shape index (κ3) is 3.43. The topological polar surface area (TPSA) is 70.9 Å². The molecule has 1 aliphatic carbocycles. The molecule has 0 amide bonds. The van der Waals surface area contributed by atoms with Gasteiger partial charge >= 0.3 is 0 Å². The summed E-state index contributed by atoms with van der Waals surface area (Å²) in [6.07, 6.45) is 6.65. The summed E-state index contributed by atoms with van der Waals surface area (Å²) in [6.45, 7) is 6.33. The molecule has 0 saturated heterocycles. The molecule has 5 heteroatoms. The van der Waals surface area contributed by atoms with Crippen LogP contribution in [0.1, 0.15) is 33.7 Å². The van der Waals surface area contributed by atoms with Gasteiger partial charge in [-0.3, -0.25) is 4.79 Å². The van der Waals surface area contributed by atoms with E-state index in [9.17, 15) is 4.79 Å². The summed E-state index contributed by atoms with van der Waals surface area (Å²) in [5, 5.41) is 3.48. The Morgan fingerprint density at radius 1 is 1.26 bits per heavy atom. The molecule has 4 nitrogen and oxygen atoms in total. The third-order valence-electron chi connectivity index (χ3n) is 5.16. The van der Waals surface area contributed by atoms with Gasteiger partial charge in [-0.25, -0.2) is 0 Å². The number of hydrogen-bond donors (Lipinski definition) is 3. The molecule has 4 N–H and O–H groups in total. The standard InChI is InChI=1S/C22H23N3OS/c1-13-17(16-10-18(23)22(26)24-12-16)7-5-8-19(13)25-14(2)21-11-15-6-3-4-9-20(15)27-21/h5,7-8,10-12,25H,2-4,6,9,23H2,1H3,(H,24,26). The first kappa shape index (κ1) is 17.6. The number of aromatic amines is 1. The van der Waals surface area contributed by atoms with Crippen molar-refractivity contribution in [3.05, 3.63) is 74.3 Å². The van der Waals surface area contributed by atoms with Crippen LogP contribution in [0.15, 0.2) is 47.9 Å². The van der Waals surface area contributed by atoms with E-state index >= 15 is 0 Å². The molecule has 0 bridgehead atoms. The number of H-pyrrole nitrogens is 1. The van der Waals surface area contributed by atoms with Crippen molar-refractivity contribution >= 4 is 28.4 Å². The van der Waals surface area contributed by atoms with Crippen LogP contribution in [0, 0.1) is 6.92 Å². The van der Waals surface area contributed by atoms with Crippen LogP contribution in [-0.2, 0) is 12.8 Å². The van der Waals surface area contributed by atoms with Gasteiger partial charge in [-0.2, -0.15) is 0 Å². The zero-order valence-electron chi connectivity index (χ0n) is 15.4. The zero-order chi connectivity index (χ0) is 19.0. The van der Waals surface area contributed by atoms with Gasteiger partial charge in [0, 0.05) is 28.0 Å². The number of thiophene rings is 1. The minimum Gasteiger partial charge on any atom is -0.394 e. The maximum absolute atomic E-state index is 11.5. The lowest BCUT2D eigenvalue weighted by atomic mass is 9.99. The number of nitrogens with one attached hydrogen (secondary N) is 2. The van der Waals surface area contributed by atoms with Gasteiger partial charge < -0.3 is 16.0 Å². The van der Waals surface area contributed by atoms with Crippen LogP contribution >= 0.6 is 11.3 Å². The molecule has 1 aliphatic rings. The van der Waals surface area contributed by atoms with Gasteiger partial charge in [-0.1, -0.05) is 18.7 Å². The fraction of sp³-hybridized carbons (Fsp3) is 0.227. The molecule has 138 valence electrons. The highest BCUT2D eigenvalue weighted by atomic mass is 32.1. The van der Waals surface area contributed by atoms with E-state index in [2.05, 4.69) is 29.9 Å². The molecular formula is C22H23N3OS. The highest BCUT2D eigenvalue weighted by Gasteiger charge is 2.15. The number of anilines is 2. The normalized spacial score (nSPS) is 13.2. The molecule has 0 saturated carbocycles. The van der Waals surface area contributed by atoms with E-state index in [0.717, 1.165) is 28.1 Å². The van der Waals surface area contributed by atoms with E-state index in [1.807, 2.05) is 29.5 Å². The van der Waals surface area contributed by atoms with Crippen LogP contribution < -0.4 is 16.6 Å². The van der Waals surface area contributed by atoms with Gasteiger partial charge in [-0.05, 0) is 67.5 Å². The molecule has 2 aromatic heterocycles. The Labute approximate surface area is 162 Å². The van der Waals surface area contributed by atoms with Gasteiger partial charge in [-0.15, -0.1) is 11.3 Å². The largest absolute Gasteiger partial charge is 0.394 e. The van der Waals surface area contributed by atoms with E-state index in [1.165, 1.54) is 41.0 Å². The molecule has 0 unspecified atom stereocenters. The van der Waals surface area contributed by atoms with Crippen molar-refractivity contribution in [1.29, 1.82) is 0 Å². The minimum absolute atomic E-state index is 0.221. The fourth-order valence-electron chi connectivity index (χ4n) is 3.60. The van der Waals surface area contributed by atoms with Gasteiger partial charge in [0.15, 0.2) is 0 Å². The Balaban J connectivity index is 1.62. The van der Waals surface area contributed by atoms with E-state index in [1.54, 1.807) is 12.3 Å². The monoisotopic (exact) mass is 377 g/mol. The number of benzene rings is 1. The molecule has 27 heavy (non-hydrogen) atoms. The number of rotatable bonds is 4. The molecule has 0 aliphatic heterocycles. The molecular weight excluding hydrogens is 354 g/mol. The highest BCUT2D eigenvalue weighted by molar-refractivity contribution is 7.13. The number of aromatic nitrogens is 1. The SMILES string of the molecule is C=C(Nc1cccc(-c2c[nH]c(=O)c(N)c2)c1C)c1cc2c(s1)CCCC2. The molecule has 0 spiro atoms. The van der Waals surface area contributed by atoms with Crippen molar-refractivity contribution in [2.45, 2.75) is 32.6 Å². The second-order valence-corrected chi connectivity index (χ2v) is 8.16. The first-order valence-corrected chi connectivity index (χ1v) is 10.0. The molecule has 4 rings (SSSR count). The average Bonchev–Trinajstić information content (AvgIpc) is 3.10. The summed E-state index contributed by atoms with van der Waals surface area (Å²) in [7, 11) is 0. The maximum Gasteiger partial charge on any atom is 0.271 e. The van der Waals surface area contributed by atoms with Crippen LogP contribution in [0.5, 0.6) is 0 Å². The van der Waals surface area contributed by atoms with E-state index in [0.29, 0.717) is 0 Å². The number of nitrogen functional groups attached to an aromatic ring is 1. The third-order valence-corrected chi connectivity index (χ3v) is 6.45. The average molecular weight is 378 g/mol. The molecule has 0 atom stereocenters. The summed E-state index contributed by atoms with van der Waals surface area (Å²) in [5.74, 6) is 0. The predicted molar refractivity (Wildman–Crippen MR) is 115 cm³/mol. The van der Waals surface area contributed by atoms with Crippen molar-refractivity contribution in [2.24, 2.45) is 0 Å². The first-order valence-electron chi connectivity index (χ1n) is 9.19. The lowest BCUT2D eigenvalue weighted by Crippen LogP contribution is -2.10. The van der Waals surface area contributed by atoms with Crippen LogP contribution in [0.25, 0.3) is 16.8 Å². The van der Waals surface area contributed by atoms with Gasteiger partial charge in [0.2, 0.25) is 0 Å². The summed E-state index contributed by atoms with van der Waals surface area (Å²) in [5.41, 5.74) is 12.2. The summed E-state index contributed by atoms with van der Waals surface area (Å²) >= 11 is 1.85. The van der Waals surface area contributed by atoms with Gasteiger partial charge in [0.1, 0.15) is 0 Å². The first-order chi connectivity index (χ1) is 13.0. The fourth-order valence-corrected chi connectivity index (χ4v) is 4.78. The number of aryl methyl sites for hydroxylation is 2. The maximum atomic E-state index is 11.5. The van der Waals surface area contributed by atoms with Crippen LogP contribution in [-0.4, -0.2) is 4.98 Å². The van der Waals surface area contributed by atoms with Crippen molar-refractivity contribution < 1.29 is 0 Å². The van der Waals surface area contributed by atoms with Crippen LogP contribution in [0.2, 0.25) is 0 Å². The van der Waals surface area contributed by atoms with Gasteiger partial charge in [0.05, 0.1) is 10.6 Å². The Bertz CT molecular complexity index is 1050. The summed E-state index contributed by atoms with van der Waals surface area (Å²) < 4.78 is 0.